The molecule has 1 saturated heterocycles. The Kier molecular flexibility index (Phi) is 8.88. The van der Waals surface area contributed by atoms with Gasteiger partial charge in [0.25, 0.3) is 5.91 Å². The van der Waals surface area contributed by atoms with Crippen molar-refractivity contribution in [1.29, 1.82) is 0 Å². The molecule has 1 fully saturated rings. The van der Waals surface area contributed by atoms with Crippen LogP contribution in [0.5, 0.6) is 0 Å². The summed E-state index contributed by atoms with van der Waals surface area (Å²) in [6.45, 7) is 14.1. The Labute approximate surface area is 257 Å². The minimum atomic E-state index is -0.421. The molecule has 3 heterocycles. The van der Waals surface area contributed by atoms with Crippen molar-refractivity contribution >= 4 is 40.9 Å². The first-order valence-corrected chi connectivity index (χ1v) is 15.4. The van der Waals surface area contributed by atoms with Crippen LogP contribution in [0.4, 0.5) is 10.5 Å². The fraction of sp³-hybridized carbons (Fsp3) is 0.469. The zero-order valence-corrected chi connectivity index (χ0v) is 26.6. The maximum absolute atomic E-state index is 14.2. The molecule has 1 unspecified atom stereocenters. The smallest absolute Gasteiger partial charge is 0.351 e. The fourth-order valence-electron chi connectivity index (χ4n) is 6.16. The van der Waals surface area contributed by atoms with Crippen LogP contribution in [0.1, 0.15) is 90.9 Å². The van der Waals surface area contributed by atoms with E-state index in [-0.39, 0.29) is 23.9 Å². The number of rotatable bonds is 7. The molecule has 0 bridgehead atoms. The predicted octanol–water partition coefficient (Wildman–Crippen LogP) is 7.44. The zero-order valence-electron chi connectivity index (χ0n) is 25.1. The summed E-state index contributed by atoms with van der Waals surface area (Å²) in [5.41, 5.74) is 6.26. The summed E-state index contributed by atoms with van der Waals surface area (Å²) in [6.07, 6.45) is 1.30. The highest BCUT2D eigenvalue weighted by atomic mass is 35.5. The number of fused-ring (bicyclic) bond motifs is 1. The minimum Gasteiger partial charge on any atom is -0.351 e. The van der Waals surface area contributed by atoms with Crippen LogP contribution in [0.3, 0.4) is 0 Å². The molecule has 2 aliphatic rings. The molecule has 1 aromatic heterocycles. The Bertz CT molecular complexity index is 1490. The van der Waals surface area contributed by atoms with Gasteiger partial charge in [-0.1, -0.05) is 49.2 Å². The molecule has 224 valence electrons. The Morgan fingerprint density at radius 1 is 1.02 bits per heavy atom. The van der Waals surface area contributed by atoms with Crippen LogP contribution in [0.15, 0.2) is 36.4 Å². The van der Waals surface area contributed by atoms with Crippen molar-refractivity contribution in [3.63, 3.8) is 0 Å². The lowest BCUT2D eigenvalue weighted by Crippen LogP contribution is -2.41. The van der Waals surface area contributed by atoms with Crippen molar-refractivity contribution in [3.8, 4) is 0 Å². The summed E-state index contributed by atoms with van der Waals surface area (Å²) in [5, 5.41) is 10.7. The molecule has 2 amide bonds. The number of anilines is 1. The van der Waals surface area contributed by atoms with Gasteiger partial charge >= 0.3 is 6.09 Å². The third kappa shape index (κ3) is 6.03. The second kappa shape index (κ2) is 12.3. The molecular formula is C32H39Cl2N5O3. The Balaban J connectivity index is 1.49. The fourth-order valence-corrected chi connectivity index (χ4v) is 6.56. The molecule has 0 radical (unpaired) electrons. The summed E-state index contributed by atoms with van der Waals surface area (Å²) in [7, 11) is 0. The molecule has 0 aliphatic carbocycles. The van der Waals surface area contributed by atoms with Gasteiger partial charge < -0.3 is 10.2 Å². The Morgan fingerprint density at radius 2 is 1.69 bits per heavy atom. The van der Waals surface area contributed by atoms with Gasteiger partial charge in [0.2, 0.25) is 0 Å². The van der Waals surface area contributed by atoms with E-state index >= 15 is 0 Å². The molecule has 10 heteroatoms. The summed E-state index contributed by atoms with van der Waals surface area (Å²) >= 11 is 12.8. The van der Waals surface area contributed by atoms with Crippen molar-refractivity contribution in [3.05, 3.63) is 80.1 Å². The number of piperidine rings is 1. The normalized spacial score (nSPS) is 17.8. The number of aryl methyl sites for hydroxylation is 2. The van der Waals surface area contributed by atoms with Crippen LogP contribution >= 0.6 is 23.2 Å². The van der Waals surface area contributed by atoms with Gasteiger partial charge in [0, 0.05) is 52.7 Å². The van der Waals surface area contributed by atoms with Gasteiger partial charge in [-0.15, -0.1) is 5.06 Å². The van der Waals surface area contributed by atoms with Crippen LogP contribution in [0.2, 0.25) is 10.0 Å². The number of halogens is 2. The second-order valence-corrected chi connectivity index (χ2v) is 12.9. The van der Waals surface area contributed by atoms with Crippen LogP contribution in [0, 0.1) is 19.8 Å². The molecule has 1 atom stereocenters. The molecule has 0 saturated carbocycles. The van der Waals surface area contributed by atoms with Crippen LogP contribution < -0.4 is 10.2 Å². The number of carbonyl (C=O) groups is 2. The number of nitrogens with one attached hydrogen (secondary N) is 1. The number of amides is 2. The molecule has 2 aromatic carbocycles. The lowest BCUT2D eigenvalue weighted by Gasteiger charge is -2.32. The molecule has 8 nitrogen and oxygen atoms in total. The van der Waals surface area contributed by atoms with Gasteiger partial charge in [0.15, 0.2) is 5.69 Å². The van der Waals surface area contributed by atoms with Gasteiger partial charge in [-0.2, -0.15) is 5.10 Å². The first-order valence-electron chi connectivity index (χ1n) is 14.6. The number of aromatic nitrogens is 2. The number of hydrogen-bond donors (Lipinski definition) is 1. The molecule has 1 N–H and O–H groups in total. The van der Waals surface area contributed by atoms with Gasteiger partial charge in [0.05, 0.1) is 6.04 Å². The van der Waals surface area contributed by atoms with Crippen molar-refractivity contribution in [2.45, 2.75) is 78.9 Å². The monoisotopic (exact) mass is 611 g/mol. The van der Waals surface area contributed by atoms with E-state index in [1.807, 2.05) is 69.0 Å². The van der Waals surface area contributed by atoms with Crippen molar-refractivity contribution in [1.82, 2.24) is 20.2 Å². The van der Waals surface area contributed by atoms with Crippen molar-refractivity contribution in [2.24, 2.45) is 5.92 Å². The summed E-state index contributed by atoms with van der Waals surface area (Å²) < 4.78 is 2.06. The summed E-state index contributed by atoms with van der Waals surface area (Å²) in [5.74, 6) is 0.343. The molecule has 3 aromatic rings. The average Bonchev–Trinajstić information content (AvgIpc) is 3.40. The second-order valence-electron chi connectivity index (χ2n) is 12.0. The molecule has 0 spiro atoms. The highest BCUT2D eigenvalue weighted by Gasteiger charge is 2.45. The van der Waals surface area contributed by atoms with Crippen LogP contribution in [-0.4, -0.2) is 46.0 Å². The maximum Gasteiger partial charge on any atom is 0.426 e. The van der Waals surface area contributed by atoms with Crippen molar-refractivity contribution in [2.75, 3.05) is 18.0 Å². The predicted molar refractivity (Wildman–Crippen MR) is 166 cm³/mol. The van der Waals surface area contributed by atoms with E-state index in [9.17, 15) is 9.59 Å². The Hall–Kier alpha value is -3.07. The average molecular weight is 613 g/mol. The van der Waals surface area contributed by atoms with E-state index in [0.717, 1.165) is 46.5 Å². The molecular weight excluding hydrogens is 573 g/mol. The summed E-state index contributed by atoms with van der Waals surface area (Å²) in [6, 6.07) is 11.2. The first-order chi connectivity index (χ1) is 19.9. The Morgan fingerprint density at radius 3 is 2.33 bits per heavy atom. The van der Waals surface area contributed by atoms with E-state index in [1.165, 1.54) is 0 Å². The highest BCUT2D eigenvalue weighted by molar-refractivity contribution is 6.31. The van der Waals surface area contributed by atoms with E-state index in [4.69, 9.17) is 33.1 Å². The largest absolute Gasteiger partial charge is 0.426 e. The number of benzene rings is 2. The first kappa shape index (κ1) is 30.4. The third-order valence-electron chi connectivity index (χ3n) is 8.11. The van der Waals surface area contributed by atoms with Gasteiger partial charge in [-0.25, -0.2) is 4.79 Å². The topological polar surface area (TPSA) is 79.7 Å². The number of hydroxylamine groups is 2. The van der Waals surface area contributed by atoms with Crippen LogP contribution in [0.25, 0.3) is 0 Å². The van der Waals surface area contributed by atoms with E-state index < -0.39 is 6.09 Å². The lowest BCUT2D eigenvalue weighted by molar-refractivity contribution is -0.119. The molecule has 42 heavy (non-hydrogen) atoms. The molecule has 5 rings (SSSR count). The van der Waals surface area contributed by atoms with E-state index in [1.54, 1.807) is 5.06 Å². The SMILES string of the molecule is Cc1cc(Cl)ccc1C1c2c(nn(CC3CCN(OC(=O)NC(C)C)CC3)c2C(C)C)C(=O)N1c1cc(Cl)ccc1C. The third-order valence-corrected chi connectivity index (χ3v) is 8.58. The molecule has 2 aliphatic heterocycles. The van der Waals surface area contributed by atoms with Gasteiger partial charge in [-0.05, 0) is 93.3 Å². The maximum atomic E-state index is 14.2. The quantitative estimate of drug-likeness (QED) is 0.300. The minimum absolute atomic E-state index is 0.0215. The number of carbonyl (C=O) groups excluding carboxylic acids is 2. The van der Waals surface area contributed by atoms with E-state index in [0.29, 0.717) is 41.3 Å². The van der Waals surface area contributed by atoms with Crippen LogP contribution in [-0.2, 0) is 11.4 Å². The number of hydrogen-bond acceptors (Lipinski definition) is 5. The van der Waals surface area contributed by atoms with Gasteiger partial charge in [0.1, 0.15) is 0 Å². The highest BCUT2D eigenvalue weighted by Crippen LogP contribution is 2.47. The standard InChI is InChI=1S/C32H39Cl2N5O3/c1-18(2)29-27-28(36-38(29)17-22-11-13-37(14-12-22)42-32(41)35-19(3)4)31(40)39(26-16-24(34)8-7-20(26)5)30(27)25-10-9-23(33)15-21(25)6/h7-10,15-16,18-19,22,30H,11-14,17H2,1-6H3,(H,35,41). The lowest BCUT2D eigenvalue weighted by atomic mass is 9.91. The zero-order chi connectivity index (χ0) is 30.3. The van der Waals surface area contributed by atoms with Gasteiger partial charge in [-0.3, -0.25) is 14.4 Å². The van der Waals surface area contributed by atoms with Crippen molar-refractivity contribution < 1.29 is 14.4 Å². The van der Waals surface area contributed by atoms with E-state index in [2.05, 4.69) is 23.8 Å². The summed E-state index contributed by atoms with van der Waals surface area (Å²) in [4.78, 5) is 33.6. The number of nitrogens with zero attached hydrogens (tertiary/aromatic N) is 4.